The first kappa shape index (κ1) is 22.5. The highest BCUT2D eigenvalue weighted by Crippen LogP contribution is 2.36. The summed E-state index contributed by atoms with van der Waals surface area (Å²) in [6, 6.07) is 21.3. The van der Waals surface area contributed by atoms with Crippen LogP contribution in [0, 0.1) is 0 Å². The van der Waals surface area contributed by atoms with Crippen molar-refractivity contribution in [2.45, 2.75) is 12.5 Å². The Morgan fingerprint density at radius 1 is 1.18 bits per heavy atom. The van der Waals surface area contributed by atoms with Gasteiger partial charge in [-0.05, 0) is 36.2 Å². The van der Waals surface area contributed by atoms with Gasteiger partial charge in [0.2, 0.25) is 0 Å². The van der Waals surface area contributed by atoms with E-state index in [4.69, 9.17) is 11.6 Å². The van der Waals surface area contributed by atoms with Crippen LogP contribution in [0.2, 0.25) is 5.02 Å². The van der Waals surface area contributed by atoms with Crippen molar-refractivity contribution in [3.8, 4) is 11.1 Å². The molecule has 0 aliphatic rings. The molecule has 3 N–H and O–H groups in total. The third-order valence-corrected chi connectivity index (χ3v) is 5.89. The van der Waals surface area contributed by atoms with Crippen LogP contribution in [0.4, 0.5) is 11.5 Å². The van der Waals surface area contributed by atoms with Crippen molar-refractivity contribution in [2.75, 3.05) is 11.9 Å². The van der Waals surface area contributed by atoms with Crippen molar-refractivity contribution in [3.63, 3.8) is 0 Å². The van der Waals surface area contributed by atoms with Crippen LogP contribution in [0.15, 0.2) is 71.7 Å². The van der Waals surface area contributed by atoms with Gasteiger partial charge in [-0.2, -0.15) is 5.10 Å². The molecular weight excluding hydrogens is 440 g/mol. The summed E-state index contributed by atoms with van der Waals surface area (Å²) in [5.41, 5.74) is 2.63. The number of rotatable bonds is 7. The Morgan fingerprint density at radius 3 is 2.64 bits per heavy atom. The molecule has 1 atom stereocenters. The fourth-order valence-corrected chi connectivity index (χ4v) is 3.71. The van der Waals surface area contributed by atoms with E-state index in [0.717, 1.165) is 27.7 Å². The summed E-state index contributed by atoms with van der Waals surface area (Å²) in [7, 11) is 1.82. The zero-order chi connectivity index (χ0) is 23.6. The normalized spacial score (nSPS) is 13.3. The molecule has 33 heavy (non-hydrogen) atoms. The van der Waals surface area contributed by atoms with E-state index in [1.165, 1.54) is 13.1 Å². The highest BCUT2D eigenvalue weighted by molar-refractivity contribution is 6.36. The van der Waals surface area contributed by atoms with Gasteiger partial charge in [-0.15, -0.1) is 0 Å². The Morgan fingerprint density at radius 2 is 1.94 bits per heavy atom. The molecule has 1 heterocycles. The van der Waals surface area contributed by atoms with Gasteiger partial charge in [0, 0.05) is 24.2 Å². The topological polar surface area (TPSA) is 99.7 Å². The molecule has 7 nitrogen and oxygen atoms in total. The van der Waals surface area contributed by atoms with Gasteiger partial charge in [0.1, 0.15) is 0 Å². The maximum atomic E-state index is 11.4. The summed E-state index contributed by atoms with van der Waals surface area (Å²) in [5, 5.41) is 28.1. The maximum Gasteiger partial charge on any atom is 0.333 e. The molecule has 0 amide bonds. The fourth-order valence-electron chi connectivity index (χ4n) is 3.42. The van der Waals surface area contributed by atoms with Gasteiger partial charge >= 0.3 is 5.97 Å². The summed E-state index contributed by atoms with van der Waals surface area (Å²) in [6.07, 6.45) is 1.45. The van der Waals surface area contributed by atoms with E-state index < -0.39 is 18.1 Å². The number of halogens is 1. The fraction of sp³-hybridized carbons (Fsp3) is 0.160. The zero-order valence-corrected chi connectivity index (χ0v) is 18.9. The van der Waals surface area contributed by atoms with Gasteiger partial charge in [0.05, 0.1) is 22.8 Å². The number of benzene rings is 3. The van der Waals surface area contributed by atoms with Crippen molar-refractivity contribution in [1.29, 1.82) is 0 Å². The molecule has 4 rings (SSSR count). The molecule has 0 bridgehead atoms. The van der Waals surface area contributed by atoms with E-state index in [1.54, 1.807) is 4.68 Å². The second kappa shape index (κ2) is 9.05. The van der Waals surface area contributed by atoms with Crippen LogP contribution < -0.4 is 5.32 Å². The molecule has 0 saturated heterocycles. The number of aliphatic carboxylic acids is 1. The van der Waals surface area contributed by atoms with Crippen molar-refractivity contribution < 1.29 is 15.0 Å². The number of aliphatic hydroxyl groups excluding tert-OH is 1. The summed E-state index contributed by atoms with van der Waals surface area (Å²) >= 11 is 6.72. The molecule has 168 valence electrons. The van der Waals surface area contributed by atoms with Crippen LogP contribution >= 0.6 is 11.6 Å². The third kappa shape index (κ3) is 4.46. The van der Waals surface area contributed by atoms with Crippen LogP contribution in [-0.4, -0.2) is 44.3 Å². The van der Waals surface area contributed by atoms with Gasteiger partial charge in [-0.3, -0.25) is 9.67 Å². The molecule has 4 aromatic rings. The van der Waals surface area contributed by atoms with Gasteiger partial charge in [-0.25, -0.2) is 4.79 Å². The summed E-state index contributed by atoms with van der Waals surface area (Å²) in [6.45, 7) is 0.771. The number of nitrogens with zero attached hydrogens (tertiary/aromatic N) is 3. The predicted octanol–water partition coefficient (Wildman–Crippen LogP) is 4.89. The smallest absolute Gasteiger partial charge is 0.333 e. The van der Waals surface area contributed by atoms with E-state index in [0.29, 0.717) is 16.4 Å². The molecule has 0 saturated carbocycles. The number of fused-ring (bicyclic) bond motifs is 1. The lowest BCUT2D eigenvalue weighted by molar-refractivity contribution is -0.143. The van der Waals surface area contributed by atoms with Crippen molar-refractivity contribution in [1.82, 2.24) is 9.78 Å². The molecule has 0 fully saturated rings. The highest BCUT2D eigenvalue weighted by atomic mass is 35.5. The molecule has 8 heteroatoms. The van der Waals surface area contributed by atoms with Crippen LogP contribution in [0.1, 0.15) is 12.5 Å². The molecule has 1 aromatic heterocycles. The van der Waals surface area contributed by atoms with Gasteiger partial charge < -0.3 is 15.5 Å². The van der Waals surface area contributed by atoms with Crippen molar-refractivity contribution in [2.24, 2.45) is 12.0 Å². The molecular formula is C25H23ClN4O3. The zero-order valence-electron chi connectivity index (χ0n) is 18.2. The number of nitrogens with one attached hydrogen (secondary N) is 1. The maximum absolute atomic E-state index is 11.4. The largest absolute Gasteiger partial charge is 0.479 e. The Labute approximate surface area is 196 Å². The summed E-state index contributed by atoms with van der Waals surface area (Å²) in [5.74, 6) is -0.544. The minimum Gasteiger partial charge on any atom is -0.479 e. The average molecular weight is 463 g/mol. The number of anilines is 2. The molecule has 3 aromatic carbocycles. The first-order chi connectivity index (χ1) is 15.8. The number of hydrogen-bond acceptors (Lipinski definition) is 5. The van der Waals surface area contributed by atoms with Crippen molar-refractivity contribution in [3.05, 3.63) is 77.3 Å². The lowest BCUT2D eigenvalue weighted by Gasteiger charge is -2.16. The number of carboxylic acid groups (broad SMARTS) is 1. The Kier molecular flexibility index (Phi) is 6.18. The second-order valence-electron chi connectivity index (χ2n) is 7.90. The monoisotopic (exact) mass is 462 g/mol. The van der Waals surface area contributed by atoms with E-state index in [2.05, 4.69) is 15.4 Å². The van der Waals surface area contributed by atoms with Crippen LogP contribution in [0.3, 0.4) is 0 Å². The number of carbonyl (C=O) groups is 1. The molecule has 0 aliphatic carbocycles. The summed E-state index contributed by atoms with van der Waals surface area (Å²) in [4.78, 5) is 15.4. The number of hydrogen-bond donors (Lipinski definition) is 3. The average Bonchev–Trinajstić information content (AvgIpc) is 3.13. The number of carboxylic acids is 1. The summed E-state index contributed by atoms with van der Waals surface area (Å²) < 4.78 is 1.73. The predicted molar refractivity (Wildman–Crippen MR) is 132 cm³/mol. The number of aliphatic hydroxyl groups is 1. The molecule has 0 radical (unpaired) electrons. The van der Waals surface area contributed by atoms with Crippen molar-refractivity contribution >= 4 is 46.2 Å². The first-order valence-electron chi connectivity index (χ1n) is 10.3. The minimum absolute atomic E-state index is 0.594. The SMILES string of the molecule is Cn1nc(Nc2cccc(-c3ccccc3)c2Cl)c2ccc(C=NC(C)(CO)C(=O)O)cc21. The third-order valence-electron chi connectivity index (χ3n) is 5.48. The highest BCUT2D eigenvalue weighted by Gasteiger charge is 2.31. The second-order valence-corrected chi connectivity index (χ2v) is 8.28. The van der Waals surface area contributed by atoms with Crippen LogP contribution in [0.5, 0.6) is 0 Å². The van der Waals surface area contributed by atoms with Gasteiger partial charge in [0.15, 0.2) is 11.4 Å². The van der Waals surface area contributed by atoms with Gasteiger partial charge in [0.25, 0.3) is 0 Å². The van der Waals surface area contributed by atoms with E-state index in [1.807, 2.05) is 73.8 Å². The van der Waals surface area contributed by atoms with E-state index >= 15 is 0 Å². The Balaban J connectivity index is 1.67. The quantitative estimate of drug-likeness (QED) is 0.339. The number of aromatic nitrogens is 2. The molecule has 0 aliphatic heterocycles. The standard InChI is InChI=1S/C25H23ClN4O3/c1-25(15-31,24(32)33)27-14-16-11-12-19-21(13-16)30(2)29-23(19)28-20-10-6-9-18(22(20)26)17-7-4-3-5-8-17/h3-14,31H,15H2,1-2H3,(H,28,29)(H,32,33). The van der Waals surface area contributed by atoms with E-state index in [-0.39, 0.29) is 0 Å². The lowest BCUT2D eigenvalue weighted by Crippen LogP contribution is -2.37. The van der Waals surface area contributed by atoms with Gasteiger partial charge in [-0.1, -0.05) is 60.1 Å². The van der Waals surface area contributed by atoms with E-state index in [9.17, 15) is 15.0 Å². The van der Waals surface area contributed by atoms with Crippen LogP contribution in [-0.2, 0) is 11.8 Å². The first-order valence-corrected chi connectivity index (χ1v) is 10.7. The van der Waals surface area contributed by atoms with Crippen LogP contribution in [0.25, 0.3) is 22.0 Å². The Hall–Kier alpha value is -3.68. The Bertz CT molecular complexity index is 1350. The molecule has 1 unspecified atom stereocenters. The minimum atomic E-state index is -1.59. The number of aliphatic imine (C=N–C) groups is 1. The lowest BCUT2D eigenvalue weighted by atomic mass is 10.0. The molecule has 0 spiro atoms. The number of aryl methyl sites for hydroxylation is 1.